The molecule has 3 aromatic rings. The minimum atomic E-state index is 0.869. The normalized spacial score (nSPS) is 9.05. The van der Waals surface area contributed by atoms with Crippen molar-refractivity contribution in [1.82, 2.24) is 4.98 Å². The van der Waals surface area contributed by atoms with E-state index >= 15 is 0 Å². The van der Waals surface area contributed by atoms with Gasteiger partial charge in [0.25, 0.3) is 0 Å². The predicted molar refractivity (Wildman–Crippen MR) is 77.2 cm³/mol. The summed E-state index contributed by atoms with van der Waals surface area (Å²) in [5.74, 6) is 1.74. The number of nitrogens with zero attached hydrogens (tertiary/aromatic N) is 1. The molecule has 1 aromatic heterocycles. The highest BCUT2D eigenvalue weighted by Crippen LogP contribution is 2.19. The number of pyridine rings is 1. The zero-order chi connectivity index (χ0) is 13.2. The van der Waals surface area contributed by atoms with Crippen LogP contribution in [0, 0.1) is 0 Å². The summed E-state index contributed by atoms with van der Waals surface area (Å²) in [7, 11) is 0. The first-order valence-corrected chi connectivity index (χ1v) is 6.08. The molecule has 3 rings (SSSR count). The zero-order valence-electron chi connectivity index (χ0n) is 10.5. The van der Waals surface area contributed by atoms with Gasteiger partial charge < -0.3 is 4.74 Å². The van der Waals surface area contributed by atoms with Crippen molar-refractivity contribution in [3.05, 3.63) is 91.3 Å². The number of para-hydroxylation sites is 2. The Hall–Kier alpha value is -2.61. The summed E-state index contributed by atoms with van der Waals surface area (Å²) in [5.41, 5.74) is 0. The molecule has 2 aromatic carbocycles. The maximum atomic E-state index is 5.58. The minimum Gasteiger partial charge on any atom is -0.457 e. The molecule has 0 bridgehead atoms. The summed E-state index contributed by atoms with van der Waals surface area (Å²) in [5, 5.41) is 0. The van der Waals surface area contributed by atoms with Crippen LogP contribution in [-0.4, -0.2) is 4.98 Å². The highest BCUT2D eigenvalue weighted by Gasteiger charge is 1.92. The fourth-order valence-corrected chi connectivity index (χ4v) is 1.43. The minimum absolute atomic E-state index is 0.869. The molecule has 2 nitrogen and oxygen atoms in total. The van der Waals surface area contributed by atoms with Crippen LogP contribution >= 0.6 is 0 Å². The van der Waals surface area contributed by atoms with Crippen LogP contribution in [0.25, 0.3) is 0 Å². The molecule has 0 aliphatic carbocycles. The Bertz CT molecular complexity index is 488. The van der Waals surface area contributed by atoms with E-state index in [4.69, 9.17) is 4.74 Å². The lowest BCUT2D eigenvalue weighted by Crippen LogP contribution is -1.81. The van der Waals surface area contributed by atoms with Crippen LogP contribution in [-0.2, 0) is 0 Å². The number of rotatable bonds is 2. The first-order valence-electron chi connectivity index (χ1n) is 6.08. The summed E-state index contributed by atoms with van der Waals surface area (Å²) in [4.78, 5) is 3.78. The van der Waals surface area contributed by atoms with Gasteiger partial charge >= 0.3 is 0 Å². The first-order chi connectivity index (χ1) is 9.45. The molecule has 94 valence electrons. The van der Waals surface area contributed by atoms with Gasteiger partial charge in [0.15, 0.2) is 0 Å². The third kappa shape index (κ3) is 5.04. The molecule has 0 radical (unpaired) electrons. The van der Waals surface area contributed by atoms with Gasteiger partial charge in [0.05, 0.1) is 0 Å². The van der Waals surface area contributed by atoms with Gasteiger partial charge in [-0.3, -0.25) is 4.98 Å². The van der Waals surface area contributed by atoms with Gasteiger partial charge in [0.1, 0.15) is 11.5 Å². The van der Waals surface area contributed by atoms with Crippen LogP contribution < -0.4 is 4.74 Å². The molecule has 0 amide bonds. The molecular weight excluding hydrogens is 234 g/mol. The molecule has 0 saturated heterocycles. The Labute approximate surface area is 113 Å². The van der Waals surface area contributed by atoms with E-state index in [-0.39, 0.29) is 0 Å². The predicted octanol–water partition coefficient (Wildman–Crippen LogP) is 4.56. The van der Waals surface area contributed by atoms with Crippen molar-refractivity contribution in [3.63, 3.8) is 0 Å². The van der Waals surface area contributed by atoms with Crippen LogP contribution in [0.5, 0.6) is 11.5 Å². The number of hydrogen-bond donors (Lipinski definition) is 0. The highest BCUT2D eigenvalue weighted by molar-refractivity contribution is 5.30. The Morgan fingerprint density at radius 1 is 0.526 bits per heavy atom. The number of benzene rings is 2. The Balaban J connectivity index is 0.000000186. The Morgan fingerprint density at radius 3 is 1.26 bits per heavy atom. The van der Waals surface area contributed by atoms with E-state index in [0.29, 0.717) is 0 Å². The van der Waals surface area contributed by atoms with Crippen molar-refractivity contribution >= 4 is 0 Å². The van der Waals surface area contributed by atoms with Gasteiger partial charge in [-0.1, -0.05) is 42.5 Å². The molecule has 19 heavy (non-hydrogen) atoms. The number of ether oxygens (including phenoxy) is 1. The summed E-state index contributed by atoms with van der Waals surface area (Å²) < 4.78 is 5.58. The third-order valence-electron chi connectivity index (χ3n) is 2.29. The molecule has 0 saturated carbocycles. The van der Waals surface area contributed by atoms with E-state index in [1.807, 2.05) is 78.9 Å². The maximum absolute atomic E-state index is 5.58. The molecule has 0 spiro atoms. The van der Waals surface area contributed by atoms with Crippen LogP contribution in [0.15, 0.2) is 91.3 Å². The second-order valence-electron chi connectivity index (χ2n) is 3.75. The van der Waals surface area contributed by atoms with Gasteiger partial charge in [-0.05, 0) is 36.4 Å². The fourth-order valence-electron chi connectivity index (χ4n) is 1.43. The highest BCUT2D eigenvalue weighted by atomic mass is 16.5. The number of aromatic nitrogens is 1. The topological polar surface area (TPSA) is 22.1 Å². The molecular formula is C17H15NO. The van der Waals surface area contributed by atoms with Crippen molar-refractivity contribution in [3.8, 4) is 11.5 Å². The molecule has 0 N–H and O–H groups in total. The molecule has 1 heterocycles. The van der Waals surface area contributed by atoms with Crippen molar-refractivity contribution in [2.45, 2.75) is 0 Å². The van der Waals surface area contributed by atoms with Crippen LogP contribution in [0.4, 0.5) is 0 Å². The summed E-state index contributed by atoms with van der Waals surface area (Å²) in [6, 6.07) is 25.2. The van der Waals surface area contributed by atoms with Crippen molar-refractivity contribution in [1.29, 1.82) is 0 Å². The SMILES string of the molecule is c1ccc(Oc2ccccc2)cc1.c1ccncc1. The largest absolute Gasteiger partial charge is 0.457 e. The molecule has 2 heteroatoms. The average Bonchev–Trinajstić information content (AvgIpc) is 2.52. The lowest BCUT2D eigenvalue weighted by molar-refractivity contribution is 0.482. The van der Waals surface area contributed by atoms with Crippen LogP contribution in [0.2, 0.25) is 0 Å². The lowest BCUT2D eigenvalue weighted by Gasteiger charge is -2.03. The molecule has 0 fully saturated rings. The zero-order valence-corrected chi connectivity index (χ0v) is 10.5. The standard InChI is InChI=1S/C12H10O.C5H5N/c1-3-7-11(8-4-1)13-12-9-5-2-6-10-12;1-2-4-6-5-3-1/h1-10H;1-5H. The second-order valence-corrected chi connectivity index (χ2v) is 3.75. The monoisotopic (exact) mass is 249 g/mol. The van der Waals surface area contributed by atoms with Crippen molar-refractivity contribution < 1.29 is 4.74 Å². The lowest BCUT2D eigenvalue weighted by atomic mass is 10.3. The smallest absolute Gasteiger partial charge is 0.127 e. The van der Waals surface area contributed by atoms with Crippen molar-refractivity contribution in [2.24, 2.45) is 0 Å². The van der Waals surface area contributed by atoms with E-state index in [9.17, 15) is 0 Å². The van der Waals surface area contributed by atoms with E-state index in [2.05, 4.69) is 4.98 Å². The van der Waals surface area contributed by atoms with E-state index in [1.165, 1.54) is 0 Å². The Morgan fingerprint density at radius 2 is 0.947 bits per heavy atom. The van der Waals surface area contributed by atoms with Crippen LogP contribution in [0.1, 0.15) is 0 Å². The van der Waals surface area contributed by atoms with Gasteiger partial charge in [-0.15, -0.1) is 0 Å². The summed E-state index contributed by atoms with van der Waals surface area (Å²) in [6.07, 6.45) is 3.50. The molecule has 0 atom stereocenters. The molecule has 0 unspecified atom stereocenters. The second kappa shape index (κ2) is 7.67. The first kappa shape index (κ1) is 12.8. The average molecular weight is 249 g/mol. The maximum Gasteiger partial charge on any atom is 0.127 e. The van der Waals surface area contributed by atoms with Gasteiger partial charge in [0, 0.05) is 12.4 Å². The fraction of sp³-hybridized carbons (Fsp3) is 0. The summed E-state index contributed by atoms with van der Waals surface area (Å²) >= 11 is 0. The van der Waals surface area contributed by atoms with Gasteiger partial charge in [-0.2, -0.15) is 0 Å². The number of hydrogen-bond acceptors (Lipinski definition) is 2. The van der Waals surface area contributed by atoms with Gasteiger partial charge in [-0.25, -0.2) is 0 Å². The Kier molecular flexibility index (Phi) is 5.18. The van der Waals surface area contributed by atoms with Crippen LogP contribution in [0.3, 0.4) is 0 Å². The molecule has 0 aliphatic heterocycles. The summed E-state index contributed by atoms with van der Waals surface area (Å²) in [6.45, 7) is 0. The molecule has 0 aliphatic rings. The van der Waals surface area contributed by atoms with Gasteiger partial charge in [0.2, 0.25) is 0 Å². The van der Waals surface area contributed by atoms with E-state index < -0.39 is 0 Å². The van der Waals surface area contributed by atoms with Crippen molar-refractivity contribution in [2.75, 3.05) is 0 Å². The quantitative estimate of drug-likeness (QED) is 0.664. The third-order valence-corrected chi connectivity index (χ3v) is 2.29. The van der Waals surface area contributed by atoms with E-state index in [1.54, 1.807) is 12.4 Å². The van der Waals surface area contributed by atoms with E-state index in [0.717, 1.165) is 11.5 Å².